The second kappa shape index (κ2) is 7.12. The van der Waals surface area contributed by atoms with Crippen molar-refractivity contribution < 1.29 is 8.78 Å². The van der Waals surface area contributed by atoms with Crippen molar-refractivity contribution in [2.75, 3.05) is 33.2 Å². The van der Waals surface area contributed by atoms with E-state index in [9.17, 15) is 8.78 Å². The van der Waals surface area contributed by atoms with Gasteiger partial charge in [0.1, 0.15) is 0 Å². The maximum Gasteiger partial charge on any atom is 0.251 e. The quantitative estimate of drug-likeness (QED) is 0.660. The third kappa shape index (κ3) is 6.05. The number of alkyl halides is 2. The number of nitrogens with one attached hydrogen (secondary N) is 1. The van der Waals surface area contributed by atoms with E-state index in [1.165, 1.54) is 25.7 Å². The minimum absolute atomic E-state index is 0.120. The summed E-state index contributed by atoms with van der Waals surface area (Å²) in [5, 5.41) is 3.34. The zero-order chi connectivity index (χ0) is 11.1. The van der Waals surface area contributed by atoms with Gasteiger partial charge in [-0.15, -0.1) is 0 Å². The summed E-state index contributed by atoms with van der Waals surface area (Å²) in [6.45, 7) is 2.46. The monoisotopic (exact) mass is 220 g/mol. The van der Waals surface area contributed by atoms with Crippen molar-refractivity contribution in [3.05, 3.63) is 0 Å². The normalized spacial score (nSPS) is 18.2. The van der Waals surface area contributed by atoms with Gasteiger partial charge >= 0.3 is 0 Å². The molecule has 0 amide bonds. The fourth-order valence-electron chi connectivity index (χ4n) is 2.12. The molecule has 0 radical (unpaired) electrons. The Hall–Kier alpha value is -0.220. The highest BCUT2D eigenvalue weighted by Crippen LogP contribution is 2.23. The van der Waals surface area contributed by atoms with Crippen molar-refractivity contribution in [3.63, 3.8) is 0 Å². The number of hydrogen-bond donors (Lipinski definition) is 1. The standard InChI is InChI=1S/C11H22F2N2/c1-15(9-11(12)13)7-6-14-8-10-4-2-3-5-10/h10-11,14H,2-9H2,1H3. The molecule has 0 spiro atoms. The molecule has 0 unspecified atom stereocenters. The van der Waals surface area contributed by atoms with Gasteiger partial charge in [-0.3, -0.25) is 4.90 Å². The smallest absolute Gasteiger partial charge is 0.251 e. The molecule has 0 atom stereocenters. The van der Waals surface area contributed by atoms with Crippen LogP contribution in [0.25, 0.3) is 0 Å². The van der Waals surface area contributed by atoms with Gasteiger partial charge in [-0.25, -0.2) is 8.78 Å². The molecule has 0 aromatic carbocycles. The first-order valence-electron chi connectivity index (χ1n) is 5.86. The summed E-state index contributed by atoms with van der Waals surface area (Å²) < 4.78 is 24.0. The first kappa shape index (κ1) is 12.8. The molecule has 1 saturated carbocycles. The number of halogens is 2. The number of hydrogen-bond acceptors (Lipinski definition) is 2. The van der Waals surface area contributed by atoms with Crippen LogP contribution in [0.4, 0.5) is 8.78 Å². The van der Waals surface area contributed by atoms with E-state index < -0.39 is 6.43 Å². The second-order valence-electron chi connectivity index (χ2n) is 4.51. The summed E-state index contributed by atoms with van der Waals surface area (Å²) in [7, 11) is 1.74. The fraction of sp³-hybridized carbons (Fsp3) is 1.00. The van der Waals surface area contributed by atoms with Crippen LogP contribution >= 0.6 is 0 Å². The molecule has 1 aliphatic rings. The molecule has 0 saturated heterocycles. The first-order valence-corrected chi connectivity index (χ1v) is 5.86. The van der Waals surface area contributed by atoms with Gasteiger partial charge in [0.05, 0.1) is 6.54 Å². The van der Waals surface area contributed by atoms with Crippen LogP contribution in [0.2, 0.25) is 0 Å². The van der Waals surface area contributed by atoms with E-state index in [1.54, 1.807) is 11.9 Å². The Bertz CT molecular complexity index is 159. The third-order valence-electron chi connectivity index (χ3n) is 3.03. The summed E-state index contributed by atoms with van der Waals surface area (Å²) >= 11 is 0. The van der Waals surface area contributed by atoms with Gasteiger partial charge in [0, 0.05) is 13.1 Å². The lowest BCUT2D eigenvalue weighted by atomic mass is 10.1. The maximum absolute atomic E-state index is 12.0. The van der Waals surface area contributed by atoms with Gasteiger partial charge in [-0.1, -0.05) is 12.8 Å². The van der Waals surface area contributed by atoms with Crippen LogP contribution in [0, 0.1) is 5.92 Å². The average Bonchev–Trinajstić information content (AvgIpc) is 2.63. The van der Waals surface area contributed by atoms with Crippen LogP contribution in [-0.2, 0) is 0 Å². The zero-order valence-corrected chi connectivity index (χ0v) is 9.51. The molecule has 0 aromatic rings. The molecule has 0 bridgehead atoms. The van der Waals surface area contributed by atoms with Gasteiger partial charge in [0.2, 0.25) is 0 Å². The second-order valence-corrected chi connectivity index (χ2v) is 4.51. The average molecular weight is 220 g/mol. The molecule has 90 valence electrons. The van der Waals surface area contributed by atoms with E-state index in [1.807, 2.05) is 0 Å². The van der Waals surface area contributed by atoms with Crippen molar-refractivity contribution in [1.82, 2.24) is 10.2 Å². The van der Waals surface area contributed by atoms with Crippen LogP contribution < -0.4 is 5.32 Å². The van der Waals surface area contributed by atoms with E-state index in [2.05, 4.69) is 5.32 Å². The molecule has 4 heteroatoms. The molecule has 1 N–H and O–H groups in total. The Balaban J connectivity index is 1.91. The summed E-state index contributed by atoms with van der Waals surface area (Å²) in [5.74, 6) is 0.824. The minimum atomic E-state index is -2.22. The topological polar surface area (TPSA) is 15.3 Å². The first-order chi connectivity index (χ1) is 7.18. The number of nitrogens with zero attached hydrogens (tertiary/aromatic N) is 1. The Morgan fingerprint density at radius 1 is 1.33 bits per heavy atom. The fourth-order valence-corrected chi connectivity index (χ4v) is 2.12. The Morgan fingerprint density at radius 2 is 2.00 bits per heavy atom. The van der Waals surface area contributed by atoms with Gasteiger partial charge < -0.3 is 5.32 Å². The molecule has 1 fully saturated rings. The molecule has 2 nitrogen and oxygen atoms in total. The Morgan fingerprint density at radius 3 is 2.60 bits per heavy atom. The van der Waals surface area contributed by atoms with E-state index in [-0.39, 0.29) is 6.54 Å². The van der Waals surface area contributed by atoms with Crippen molar-refractivity contribution in [2.45, 2.75) is 32.1 Å². The molecule has 1 rings (SSSR count). The van der Waals surface area contributed by atoms with Crippen LogP contribution in [0.3, 0.4) is 0 Å². The SMILES string of the molecule is CN(CCNCC1CCCC1)CC(F)F. The predicted molar refractivity (Wildman–Crippen MR) is 58.3 cm³/mol. The molecule has 1 aliphatic carbocycles. The highest BCUT2D eigenvalue weighted by molar-refractivity contribution is 4.69. The van der Waals surface area contributed by atoms with Crippen molar-refractivity contribution in [1.29, 1.82) is 0 Å². The van der Waals surface area contributed by atoms with E-state index in [0.29, 0.717) is 6.54 Å². The molecule has 0 aliphatic heterocycles. The van der Waals surface area contributed by atoms with Gasteiger partial charge in [0.25, 0.3) is 6.43 Å². The van der Waals surface area contributed by atoms with E-state index in [4.69, 9.17) is 0 Å². The molecular weight excluding hydrogens is 198 g/mol. The summed E-state index contributed by atoms with van der Waals surface area (Å²) in [5.41, 5.74) is 0. The van der Waals surface area contributed by atoms with E-state index >= 15 is 0 Å². The third-order valence-corrected chi connectivity index (χ3v) is 3.03. The van der Waals surface area contributed by atoms with Crippen LogP contribution in [0.5, 0.6) is 0 Å². The van der Waals surface area contributed by atoms with Crippen LogP contribution in [-0.4, -0.2) is 44.6 Å². The van der Waals surface area contributed by atoms with E-state index in [0.717, 1.165) is 19.0 Å². The van der Waals surface area contributed by atoms with Gasteiger partial charge in [-0.2, -0.15) is 0 Å². The van der Waals surface area contributed by atoms with Gasteiger partial charge in [0.15, 0.2) is 0 Å². The maximum atomic E-state index is 12.0. The summed E-state index contributed by atoms with van der Waals surface area (Å²) in [4.78, 5) is 1.67. The highest BCUT2D eigenvalue weighted by Gasteiger charge is 2.14. The van der Waals surface area contributed by atoms with Crippen molar-refractivity contribution in [3.8, 4) is 0 Å². The largest absolute Gasteiger partial charge is 0.315 e. The van der Waals surface area contributed by atoms with Crippen molar-refractivity contribution in [2.24, 2.45) is 5.92 Å². The lowest BCUT2D eigenvalue weighted by Gasteiger charge is -2.17. The molecule has 0 heterocycles. The lowest BCUT2D eigenvalue weighted by molar-refractivity contribution is 0.101. The minimum Gasteiger partial charge on any atom is -0.315 e. The van der Waals surface area contributed by atoms with Crippen LogP contribution in [0.15, 0.2) is 0 Å². The Labute approximate surface area is 91.0 Å². The van der Waals surface area contributed by atoms with Crippen LogP contribution in [0.1, 0.15) is 25.7 Å². The highest BCUT2D eigenvalue weighted by atomic mass is 19.3. The van der Waals surface area contributed by atoms with Crippen molar-refractivity contribution >= 4 is 0 Å². The summed E-state index contributed by atoms with van der Waals surface area (Å²) in [6.07, 6.45) is 3.17. The number of likely N-dealkylation sites (N-methyl/N-ethyl adjacent to an activating group) is 1. The molecule has 15 heavy (non-hydrogen) atoms. The van der Waals surface area contributed by atoms with Gasteiger partial charge in [-0.05, 0) is 32.4 Å². The molecular formula is C11H22F2N2. The number of rotatable bonds is 7. The Kier molecular flexibility index (Phi) is 6.10. The predicted octanol–water partition coefficient (Wildman–Crippen LogP) is 1.96. The zero-order valence-electron chi connectivity index (χ0n) is 9.51. The molecule has 0 aromatic heterocycles. The summed E-state index contributed by atoms with van der Waals surface area (Å²) in [6, 6.07) is 0. The lowest BCUT2D eigenvalue weighted by Crippen LogP contribution is -2.33.